The van der Waals surface area contributed by atoms with Crippen LogP contribution in [-0.4, -0.2) is 21.3 Å². The zero-order valence-electron chi connectivity index (χ0n) is 9.43. The molecular weight excluding hydrogens is 214 g/mol. The summed E-state index contributed by atoms with van der Waals surface area (Å²) in [6, 6.07) is 3.71. The van der Waals surface area contributed by atoms with Crippen molar-refractivity contribution in [3.8, 4) is 5.75 Å². The summed E-state index contributed by atoms with van der Waals surface area (Å²) >= 11 is 6.00. The third-order valence-electron chi connectivity index (χ3n) is 2.25. The van der Waals surface area contributed by atoms with E-state index in [1.807, 2.05) is 26.1 Å². The van der Waals surface area contributed by atoms with Gasteiger partial charge < -0.3 is 9.47 Å². The van der Waals surface area contributed by atoms with E-state index in [1.165, 1.54) is 0 Å². The lowest BCUT2D eigenvalue weighted by Crippen LogP contribution is -2.19. The van der Waals surface area contributed by atoms with E-state index in [2.05, 4.69) is 5.32 Å². The Labute approximate surface area is 95.3 Å². The highest BCUT2D eigenvalue weighted by Gasteiger charge is 2.16. The highest BCUT2D eigenvalue weighted by Crippen LogP contribution is 2.32. The molecule has 0 radical (unpaired) electrons. The molecule has 0 saturated carbocycles. The van der Waals surface area contributed by atoms with E-state index in [4.69, 9.17) is 21.1 Å². The molecule has 0 aromatic heterocycles. The van der Waals surface area contributed by atoms with Crippen LogP contribution in [0.5, 0.6) is 5.75 Å². The molecule has 84 valence electrons. The third-order valence-corrected chi connectivity index (χ3v) is 2.47. The van der Waals surface area contributed by atoms with Crippen LogP contribution in [0.2, 0.25) is 5.02 Å². The second-order valence-corrected chi connectivity index (χ2v) is 3.69. The molecule has 1 aromatic carbocycles. The van der Waals surface area contributed by atoms with E-state index in [9.17, 15) is 0 Å². The van der Waals surface area contributed by atoms with Crippen LogP contribution in [0.1, 0.15) is 17.4 Å². The van der Waals surface area contributed by atoms with Gasteiger partial charge in [0.15, 0.2) is 0 Å². The van der Waals surface area contributed by atoms with Crippen molar-refractivity contribution in [3.05, 3.63) is 28.3 Å². The van der Waals surface area contributed by atoms with Crippen LogP contribution in [-0.2, 0) is 4.74 Å². The molecule has 4 heteroatoms. The van der Waals surface area contributed by atoms with Crippen molar-refractivity contribution >= 4 is 11.6 Å². The SMILES string of the molecule is CNC(OC)c1cc(Cl)cc(C)c1OC. The van der Waals surface area contributed by atoms with Gasteiger partial charge in [-0.05, 0) is 31.7 Å². The van der Waals surface area contributed by atoms with Gasteiger partial charge in [-0.25, -0.2) is 0 Å². The summed E-state index contributed by atoms with van der Waals surface area (Å²) in [6.45, 7) is 1.95. The van der Waals surface area contributed by atoms with Gasteiger partial charge in [-0.15, -0.1) is 0 Å². The Morgan fingerprint density at radius 3 is 2.47 bits per heavy atom. The van der Waals surface area contributed by atoms with Crippen LogP contribution in [0.25, 0.3) is 0 Å². The number of hydrogen-bond acceptors (Lipinski definition) is 3. The number of benzene rings is 1. The molecule has 1 rings (SSSR count). The van der Waals surface area contributed by atoms with Gasteiger partial charge in [0, 0.05) is 17.7 Å². The number of methoxy groups -OCH3 is 2. The lowest BCUT2D eigenvalue weighted by atomic mass is 10.1. The summed E-state index contributed by atoms with van der Waals surface area (Å²) in [6.07, 6.45) is -0.211. The van der Waals surface area contributed by atoms with Crippen LogP contribution in [0.15, 0.2) is 12.1 Å². The first kappa shape index (κ1) is 12.3. The monoisotopic (exact) mass is 229 g/mol. The van der Waals surface area contributed by atoms with Crippen LogP contribution in [0.3, 0.4) is 0 Å². The molecule has 0 aliphatic carbocycles. The molecule has 0 aliphatic heterocycles. The molecule has 0 bridgehead atoms. The van der Waals surface area contributed by atoms with Gasteiger partial charge in [-0.2, -0.15) is 0 Å². The summed E-state index contributed by atoms with van der Waals surface area (Å²) in [5.41, 5.74) is 1.91. The van der Waals surface area contributed by atoms with E-state index < -0.39 is 0 Å². The summed E-state index contributed by atoms with van der Waals surface area (Å²) in [4.78, 5) is 0. The van der Waals surface area contributed by atoms with Crippen molar-refractivity contribution in [2.45, 2.75) is 13.2 Å². The first-order valence-electron chi connectivity index (χ1n) is 4.68. The van der Waals surface area contributed by atoms with Gasteiger partial charge in [0.2, 0.25) is 0 Å². The molecule has 1 N–H and O–H groups in total. The van der Waals surface area contributed by atoms with Gasteiger partial charge in [0.1, 0.15) is 12.0 Å². The fourth-order valence-corrected chi connectivity index (χ4v) is 1.91. The lowest BCUT2D eigenvalue weighted by Gasteiger charge is -2.19. The fourth-order valence-electron chi connectivity index (χ4n) is 1.63. The molecule has 0 aliphatic rings. The quantitative estimate of drug-likeness (QED) is 0.805. The molecule has 1 unspecified atom stereocenters. The minimum atomic E-state index is -0.211. The van der Waals surface area contributed by atoms with Crippen LogP contribution in [0.4, 0.5) is 0 Å². The van der Waals surface area contributed by atoms with E-state index in [-0.39, 0.29) is 6.23 Å². The van der Waals surface area contributed by atoms with Crippen molar-refractivity contribution in [2.24, 2.45) is 0 Å². The van der Waals surface area contributed by atoms with Crippen LogP contribution >= 0.6 is 11.6 Å². The molecule has 15 heavy (non-hydrogen) atoms. The fraction of sp³-hybridized carbons (Fsp3) is 0.455. The second kappa shape index (κ2) is 5.35. The maximum absolute atomic E-state index is 6.00. The smallest absolute Gasteiger partial charge is 0.137 e. The molecule has 0 spiro atoms. The van der Waals surface area contributed by atoms with Gasteiger partial charge in [0.25, 0.3) is 0 Å². The summed E-state index contributed by atoms with van der Waals surface area (Å²) in [5.74, 6) is 0.806. The summed E-state index contributed by atoms with van der Waals surface area (Å²) in [7, 11) is 5.10. The minimum absolute atomic E-state index is 0.211. The van der Waals surface area contributed by atoms with Crippen LogP contribution < -0.4 is 10.1 Å². The lowest BCUT2D eigenvalue weighted by molar-refractivity contribution is 0.0785. The molecule has 0 amide bonds. The molecule has 3 nitrogen and oxygen atoms in total. The normalized spacial score (nSPS) is 12.6. The number of ether oxygens (including phenoxy) is 2. The predicted molar refractivity (Wildman–Crippen MR) is 61.6 cm³/mol. The Bertz CT molecular complexity index is 338. The standard InChI is InChI=1S/C11H16ClNO2/c1-7-5-8(12)6-9(10(7)14-3)11(13-2)15-4/h5-6,11,13H,1-4H3. The topological polar surface area (TPSA) is 30.5 Å². The Morgan fingerprint density at radius 2 is 2.00 bits per heavy atom. The van der Waals surface area contributed by atoms with Gasteiger partial charge in [0.05, 0.1) is 7.11 Å². The van der Waals surface area contributed by atoms with Crippen molar-refractivity contribution in [1.29, 1.82) is 0 Å². The number of aryl methyl sites for hydroxylation is 1. The first-order valence-corrected chi connectivity index (χ1v) is 5.06. The summed E-state index contributed by atoms with van der Waals surface area (Å²) in [5, 5.41) is 3.72. The minimum Gasteiger partial charge on any atom is -0.496 e. The Balaban J connectivity index is 3.24. The zero-order valence-corrected chi connectivity index (χ0v) is 10.2. The Kier molecular flexibility index (Phi) is 4.39. The summed E-state index contributed by atoms with van der Waals surface area (Å²) < 4.78 is 10.6. The highest BCUT2D eigenvalue weighted by molar-refractivity contribution is 6.30. The van der Waals surface area contributed by atoms with E-state index in [0.717, 1.165) is 16.9 Å². The first-order chi connectivity index (χ1) is 7.13. The molecular formula is C11H16ClNO2. The average molecular weight is 230 g/mol. The Hall–Kier alpha value is -0.770. The maximum atomic E-state index is 6.00. The average Bonchev–Trinajstić information content (AvgIpc) is 2.19. The van der Waals surface area contributed by atoms with Crippen molar-refractivity contribution in [2.75, 3.05) is 21.3 Å². The molecule has 1 atom stereocenters. The number of rotatable bonds is 4. The van der Waals surface area contributed by atoms with Crippen molar-refractivity contribution in [3.63, 3.8) is 0 Å². The van der Waals surface area contributed by atoms with Crippen LogP contribution in [0, 0.1) is 6.92 Å². The number of halogens is 1. The Morgan fingerprint density at radius 1 is 1.33 bits per heavy atom. The van der Waals surface area contributed by atoms with E-state index in [0.29, 0.717) is 5.02 Å². The van der Waals surface area contributed by atoms with Gasteiger partial charge in [-0.1, -0.05) is 11.6 Å². The number of hydrogen-bond donors (Lipinski definition) is 1. The molecule has 1 aromatic rings. The predicted octanol–water partition coefficient (Wildman–Crippen LogP) is 2.52. The largest absolute Gasteiger partial charge is 0.496 e. The third kappa shape index (κ3) is 2.62. The van der Waals surface area contributed by atoms with Crippen molar-refractivity contribution in [1.82, 2.24) is 5.32 Å². The molecule has 0 heterocycles. The maximum Gasteiger partial charge on any atom is 0.137 e. The van der Waals surface area contributed by atoms with Gasteiger partial charge in [-0.3, -0.25) is 5.32 Å². The van der Waals surface area contributed by atoms with E-state index >= 15 is 0 Å². The van der Waals surface area contributed by atoms with Crippen molar-refractivity contribution < 1.29 is 9.47 Å². The number of nitrogens with one attached hydrogen (secondary N) is 1. The molecule has 0 fully saturated rings. The second-order valence-electron chi connectivity index (χ2n) is 3.25. The van der Waals surface area contributed by atoms with Gasteiger partial charge >= 0.3 is 0 Å². The van der Waals surface area contributed by atoms with E-state index in [1.54, 1.807) is 14.2 Å². The molecule has 0 saturated heterocycles. The highest BCUT2D eigenvalue weighted by atomic mass is 35.5. The zero-order chi connectivity index (χ0) is 11.4.